The number of thiophene rings is 1. The molecule has 0 saturated carbocycles. The maximum atomic E-state index is 12.9. The third-order valence-corrected chi connectivity index (χ3v) is 10.4. The molecule has 0 amide bonds. The molecule has 0 bridgehead atoms. The lowest BCUT2D eigenvalue weighted by atomic mass is 9.96. The first-order chi connectivity index (χ1) is 15.4. The number of nitrogens with zero attached hydrogens (tertiary/aromatic N) is 1. The molecule has 11 heteroatoms. The second-order valence-electron chi connectivity index (χ2n) is 9.09. The number of allylic oxidation sites excluding steroid dienone is 1. The molecule has 0 saturated heterocycles. The Morgan fingerprint density at radius 3 is 2.73 bits per heavy atom. The Morgan fingerprint density at radius 1 is 1.36 bits per heavy atom. The number of rotatable bonds is 15. The molecule has 0 aromatic carbocycles. The monoisotopic (exact) mass is 538 g/mol. The number of nitrogens with one attached hydrogen (secondary N) is 1. The smallest absolute Gasteiger partial charge is 0.303 e. The van der Waals surface area contributed by atoms with Gasteiger partial charge in [0, 0.05) is 38.0 Å². The minimum atomic E-state index is -3.76. The highest BCUT2D eigenvalue weighted by atomic mass is 35.5. The van der Waals surface area contributed by atoms with Crippen LogP contribution in [0.4, 0.5) is 0 Å². The lowest BCUT2D eigenvalue weighted by Crippen LogP contribution is -2.46. The average Bonchev–Trinajstić information content (AvgIpc) is 3.36. The first-order valence-corrected chi connectivity index (χ1v) is 14.8. The zero-order valence-corrected chi connectivity index (χ0v) is 22.6. The van der Waals surface area contributed by atoms with E-state index in [2.05, 4.69) is 36.0 Å². The molecule has 2 rings (SSSR count). The Morgan fingerprint density at radius 2 is 2.09 bits per heavy atom. The van der Waals surface area contributed by atoms with E-state index in [1.54, 1.807) is 17.4 Å². The summed E-state index contributed by atoms with van der Waals surface area (Å²) >= 11 is 9.07. The number of hydrogen-bond acceptors (Lipinski definition) is 7. The summed E-state index contributed by atoms with van der Waals surface area (Å²) in [6, 6.07) is 2.13. The van der Waals surface area contributed by atoms with E-state index in [1.807, 2.05) is 0 Å². The van der Waals surface area contributed by atoms with E-state index >= 15 is 0 Å². The van der Waals surface area contributed by atoms with Crippen LogP contribution in [-0.2, 0) is 21.2 Å². The molecule has 2 unspecified atom stereocenters. The largest absolute Gasteiger partial charge is 0.481 e. The molecule has 1 aliphatic heterocycles. The van der Waals surface area contributed by atoms with Crippen molar-refractivity contribution in [1.82, 2.24) is 9.62 Å². The van der Waals surface area contributed by atoms with Crippen molar-refractivity contribution in [1.29, 1.82) is 0 Å². The van der Waals surface area contributed by atoms with Gasteiger partial charge < -0.3 is 15.5 Å². The predicted octanol–water partition coefficient (Wildman–Crippen LogP) is 4.09. The first-order valence-electron chi connectivity index (χ1n) is 11.1. The van der Waals surface area contributed by atoms with Gasteiger partial charge in [-0.05, 0) is 68.3 Å². The van der Waals surface area contributed by atoms with Crippen LogP contribution in [0.2, 0.25) is 0 Å². The van der Waals surface area contributed by atoms with Crippen molar-refractivity contribution in [3.63, 3.8) is 0 Å². The molecule has 1 aromatic heterocycles. The number of thioether (sulfide) groups is 1. The second-order valence-corrected chi connectivity index (χ2v) is 14.1. The van der Waals surface area contributed by atoms with Crippen LogP contribution in [0.5, 0.6) is 0 Å². The third kappa shape index (κ3) is 9.51. The highest BCUT2D eigenvalue weighted by Gasteiger charge is 2.35. The number of likely N-dealkylation sites (N-methyl/N-ethyl adjacent to an activating group) is 1. The van der Waals surface area contributed by atoms with Crippen LogP contribution in [0, 0.1) is 5.92 Å². The topological polar surface area (TPSA) is 107 Å². The standard InChI is InChI=1S/C22H35ClN2O5S3/c1-22(2,10-5-6-16-9-11-31-15-16)24-13-18(26)14-25(3)33(29,30)20-12-17(21(23)32-20)7-4-8-19(27)28/h9,11-12,15,17-18,21,24,26H,4-8,10,13-14H2,1-3H3,(H,27,28)/t17?,18-,21?/m1/s1. The normalized spacial score (nSPS) is 20.2. The molecular formula is C22H35ClN2O5S3. The van der Waals surface area contributed by atoms with Gasteiger partial charge in [0.1, 0.15) is 4.24 Å². The molecule has 1 aromatic rings. The SMILES string of the molecule is CN(C[C@H](O)CNC(C)(C)CCCc1ccsc1)S(=O)(=O)C1=CC(CCCC(=O)O)C(Cl)S1. The molecule has 2 heterocycles. The van der Waals surface area contributed by atoms with E-state index in [4.69, 9.17) is 16.7 Å². The number of β-amino-alcohol motifs (C(OH)–C–C–N with tert-alkyl or cyclic N) is 1. The van der Waals surface area contributed by atoms with Crippen molar-refractivity contribution in [3.05, 3.63) is 32.7 Å². The number of sulfonamides is 1. The van der Waals surface area contributed by atoms with Gasteiger partial charge in [-0.1, -0.05) is 17.8 Å². The number of alkyl halides is 1. The van der Waals surface area contributed by atoms with Gasteiger partial charge in [0.2, 0.25) is 10.0 Å². The van der Waals surface area contributed by atoms with Crippen molar-refractivity contribution in [2.45, 2.75) is 68.7 Å². The third-order valence-electron chi connectivity index (χ3n) is 5.64. The van der Waals surface area contributed by atoms with Gasteiger partial charge in [0.15, 0.2) is 0 Å². The zero-order valence-electron chi connectivity index (χ0n) is 19.4. The molecule has 0 fully saturated rings. The number of halogens is 1. The minimum Gasteiger partial charge on any atom is -0.481 e. The summed E-state index contributed by atoms with van der Waals surface area (Å²) in [6.07, 6.45) is 4.74. The molecule has 188 valence electrons. The van der Waals surface area contributed by atoms with E-state index in [9.17, 15) is 18.3 Å². The summed E-state index contributed by atoms with van der Waals surface area (Å²) in [6.45, 7) is 4.42. The highest BCUT2D eigenvalue weighted by Crippen LogP contribution is 2.44. The Labute approximate surface area is 210 Å². The highest BCUT2D eigenvalue weighted by molar-refractivity contribution is 8.19. The number of aliphatic hydroxyl groups is 1. The summed E-state index contributed by atoms with van der Waals surface area (Å²) in [5, 5.41) is 26.8. The van der Waals surface area contributed by atoms with Gasteiger partial charge in [0.25, 0.3) is 0 Å². The van der Waals surface area contributed by atoms with Gasteiger partial charge in [0.05, 0.1) is 10.8 Å². The van der Waals surface area contributed by atoms with Gasteiger partial charge >= 0.3 is 5.97 Å². The Balaban J connectivity index is 1.80. The molecule has 0 radical (unpaired) electrons. The van der Waals surface area contributed by atoms with Crippen LogP contribution >= 0.6 is 34.7 Å². The van der Waals surface area contributed by atoms with Crippen LogP contribution < -0.4 is 5.32 Å². The molecule has 1 aliphatic rings. The molecular weight excluding hydrogens is 504 g/mol. The predicted molar refractivity (Wildman–Crippen MR) is 137 cm³/mol. The fourth-order valence-corrected chi connectivity index (χ4v) is 8.02. The zero-order chi connectivity index (χ0) is 24.6. The van der Waals surface area contributed by atoms with E-state index < -0.39 is 26.8 Å². The maximum absolute atomic E-state index is 12.9. The summed E-state index contributed by atoms with van der Waals surface area (Å²) in [5.74, 6) is -1.08. The van der Waals surface area contributed by atoms with Crippen LogP contribution in [0.1, 0.15) is 51.5 Å². The van der Waals surface area contributed by atoms with Crippen molar-refractivity contribution in [2.75, 3.05) is 20.1 Å². The summed E-state index contributed by atoms with van der Waals surface area (Å²) < 4.78 is 26.8. The number of aliphatic hydroxyl groups excluding tert-OH is 1. The minimum absolute atomic E-state index is 0.0319. The molecule has 7 nitrogen and oxygen atoms in total. The van der Waals surface area contributed by atoms with Crippen molar-refractivity contribution in [2.24, 2.45) is 5.92 Å². The van der Waals surface area contributed by atoms with E-state index in [-0.39, 0.29) is 35.2 Å². The fourth-order valence-electron chi connectivity index (χ4n) is 3.60. The van der Waals surface area contributed by atoms with Gasteiger partial charge in [-0.2, -0.15) is 15.6 Å². The van der Waals surface area contributed by atoms with E-state index in [0.717, 1.165) is 35.3 Å². The van der Waals surface area contributed by atoms with E-state index in [1.165, 1.54) is 12.6 Å². The number of aryl methyl sites for hydroxylation is 1. The molecule has 33 heavy (non-hydrogen) atoms. The molecule has 3 atom stereocenters. The average molecular weight is 539 g/mol. The number of carboxylic acid groups (broad SMARTS) is 1. The van der Waals surface area contributed by atoms with Crippen LogP contribution in [0.3, 0.4) is 0 Å². The number of carboxylic acids is 1. The lowest BCUT2D eigenvalue weighted by Gasteiger charge is -2.29. The second kappa shape index (κ2) is 12.9. The Bertz CT molecular complexity index is 890. The fraction of sp³-hybridized carbons (Fsp3) is 0.682. The van der Waals surface area contributed by atoms with Gasteiger partial charge in [-0.25, -0.2) is 8.42 Å². The van der Waals surface area contributed by atoms with Crippen molar-refractivity contribution >= 4 is 50.7 Å². The molecule has 0 spiro atoms. The van der Waals surface area contributed by atoms with E-state index in [0.29, 0.717) is 12.8 Å². The van der Waals surface area contributed by atoms with Gasteiger partial charge in [-0.15, -0.1) is 11.6 Å². The number of carbonyl (C=O) groups is 1. The van der Waals surface area contributed by atoms with Crippen LogP contribution in [0.25, 0.3) is 0 Å². The molecule has 0 aliphatic carbocycles. The Hall–Kier alpha value is -0.620. The van der Waals surface area contributed by atoms with Crippen LogP contribution in [-0.4, -0.2) is 65.4 Å². The van der Waals surface area contributed by atoms with Crippen molar-refractivity contribution in [3.8, 4) is 0 Å². The quantitative estimate of drug-likeness (QED) is 0.289. The maximum Gasteiger partial charge on any atom is 0.303 e. The summed E-state index contributed by atoms with van der Waals surface area (Å²) in [7, 11) is -2.31. The van der Waals surface area contributed by atoms with Crippen molar-refractivity contribution < 1.29 is 23.4 Å². The summed E-state index contributed by atoms with van der Waals surface area (Å²) in [4.78, 5) is 10.7. The first kappa shape index (κ1) is 28.6. The van der Waals surface area contributed by atoms with Crippen LogP contribution in [0.15, 0.2) is 27.1 Å². The molecule has 3 N–H and O–H groups in total. The lowest BCUT2D eigenvalue weighted by molar-refractivity contribution is -0.137. The summed E-state index contributed by atoms with van der Waals surface area (Å²) in [5.41, 5.74) is 1.16. The number of hydrogen-bond donors (Lipinski definition) is 3. The number of aliphatic carboxylic acids is 1. The Kier molecular flexibility index (Phi) is 11.2. The van der Waals surface area contributed by atoms with Gasteiger partial charge in [-0.3, -0.25) is 4.79 Å².